The van der Waals surface area contributed by atoms with Crippen LogP contribution in [0.25, 0.3) is 5.69 Å². The number of hydrogen-bond donors (Lipinski definition) is 1. The van der Waals surface area contributed by atoms with Crippen LogP contribution >= 0.6 is 15.9 Å². The molecule has 0 saturated heterocycles. The van der Waals surface area contributed by atoms with Crippen molar-refractivity contribution in [1.82, 2.24) is 9.78 Å². The van der Waals surface area contributed by atoms with Crippen LogP contribution in [0.5, 0.6) is 0 Å². The molecule has 0 spiro atoms. The normalized spacial score (nSPS) is 10.4. The van der Waals surface area contributed by atoms with Crippen LogP contribution in [0.3, 0.4) is 0 Å². The van der Waals surface area contributed by atoms with Crippen LogP contribution in [-0.4, -0.2) is 20.9 Å². The van der Waals surface area contributed by atoms with Gasteiger partial charge in [-0.15, -0.1) is 0 Å². The third kappa shape index (κ3) is 1.99. The number of aromatic carboxylic acids is 1. The Morgan fingerprint density at radius 2 is 2.25 bits per heavy atom. The summed E-state index contributed by atoms with van der Waals surface area (Å²) in [6, 6.07) is 7.51. The Bertz CT molecular complexity index is 549. The lowest BCUT2D eigenvalue weighted by Gasteiger charge is -2.00. The number of carbonyl (C=O) groups is 1. The van der Waals surface area contributed by atoms with Gasteiger partial charge in [0.25, 0.3) is 0 Å². The van der Waals surface area contributed by atoms with E-state index in [4.69, 9.17) is 5.11 Å². The van der Waals surface area contributed by atoms with Crippen LogP contribution in [0.15, 0.2) is 34.9 Å². The van der Waals surface area contributed by atoms with Crippen molar-refractivity contribution in [2.45, 2.75) is 6.92 Å². The van der Waals surface area contributed by atoms with Crippen LogP contribution in [0.1, 0.15) is 16.1 Å². The largest absolute Gasteiger partial charge is 0.476 e. The lowest BCUT2D eigenvalue weighted by molar-refractivity contribution is 0.0689. The van der Waals surface area contributed by atoms with E-state index in [2.05, 4.69) is 21.0 Å². The predicted octanol–water partition coefficient (Wildman–Crippen LogP) is 2.64. The highest BCUT2D eigenvalue weighted by atomic mass is 79.9. The topological polar surface area (TPSA) is 55.1 Å². The predicted molar refractivity (Wildman–Crippen MR) is 63.0 cm³/mol. The van der Waals surface area contributed by atoms with E-state index in [0.717, 1.165) is 10.2 Å². The minimum atomic E-state index is -1.01. The number of carboxylic acid groups (broad SMARTS) is 1. The van der Waals surface area contributed by atoms with Gasteiger partial charge in [-0.05, 0) is 25.1 Å². The first-order valence-electron chi connectivity index (χ1n) is 4.63. The zero-order chi connectivity index (χ0) is 11.7. The molecular weight excluding hydrogens is 272 g/mol. The number of hydrogen-bond acceptors (Lipinski definition) is 2. The molecule has 0 amide bonds. The van der Waals surface area contributed by atoms with Crippen molar-refractivity contribution in [3.05, 3.63) is 46.2 Å². The number of benzene rings is 1. The maximum absolute atomic E-state index is 10.8. The molecule has 16 heavy (non-hydrogen) atoms. The molecule has 0 atom stereocenters. The van der Waals surface area contributed by atoms with Gasteiger partial charge in [-0.2, -0.15) is 5.10 Å². The van der Waals surface area contributed by atoms with Crippen molar-refractivity contribution in [2.24, 2.45) is 0 Å². The number of rotatable bonds is 2. The van der Waals surface area contributed by atoms with E-state index in [-0.39, 0.29) is 5.69 Å². The molecule has 4 nitrogen and oxygen atoms in total. The maximum atomic E-state index is 10.8. The first-order valence-corrected chi connectivity index (χ1v) is 5.43. The molecule has 82 valence electrons. The Balaban J connectivity index is 2.49. The number of aromatic nitrogens is 2. The summed E-state index contributed by atoms with van der Waals surface area (Å²) in [7, 11) is 0. The van der Waals surface area contributed by atoms with Crippen LogP contribution in [0.2, 0.25) is 0 Å². The summed E-state index contributed by atoms with van der Waals surface area (Å²) in [5.41, 5.74) is 1.55. The number of carboxylic acids is 1. The molecule has 0 saturated carbocycles. The average molecular weight is 281 g/mol. The van der Waals surface area contributed by atoms with Gasteiger partial charge in [0.2, 0.25) is 0 Å². The molecule has 0 unspecified atom stereocenters. The summed E-state index contributed by atoms with van der Waals surface area (Å²) in [5, 5.41) is 12.9. The molecule has 5 heteroatoms. The number of halogens is 1. The molecule has 0 fully saturated rings. The molecule has 2 rings (SSSR count). The van der Waals surface area contributed by atoms with Crippen molar-refractivity contribution >= 4 is 21.9 Å². The van der Waals surface area contributed by atoms with Gasteiger partial charge in [0.05, 0.1) is 5.69 Å². The fourth-order valence-electron chi connectivity index (χ4n) is 1.42. The quantitative estimate of drug-likeness (QED) is 0.920. The molecule has 1 heterocycles. The minimum absolute atomic E-state index is 0.0833. The zero-order valence-corrected chi connectivity index (χ0v) is 10.1. The van der Waals surface area contributed by atoms with Gasteiger partial charge in [-0.3, -0.25) is 0 Å². The SMILES string of the molecule is Cc1cn(-c2cccc(Br)c2)nc1C(=O)O. The third-order valence-electron chi connectivity index (χ3n) is 2.17. The second kappa shape index (κ2) is 4.09. The van der Waals surface area contributed by atoms with E-state index < -0.39 is 5.97 Å². The number of nitrogens with zero attached hydrogens (tertiary/aromatic N) is 2. The summed E-state index contributed by atoms with van der Waals surface area (Å²) < 4.78 is 2.49. The lowest BCUT2D eigenvalue weighted by Crippen LogP contribution is -2.01. The molecule has 0 bridgehead atoms. The molecule has 0 radical (unpaired) electrons. The summed E-state index contributed by atoms with van der Waals surface area (Å²) in [6.45, 7) is 1.73. The Labute approximate surface area is 101 Å². The van der Waals surface area contributed by atoms with Gasteiger partial charge >= 0.3 is 5.97 Å². The Morgan fingerprint density at radius 3 is 2.81 bits per heavy atom. The van der Waals surface area contributed by atoms with Gasteiger partial charge in [-0.1, -0.05) is 22.0 Å². The first-order chi connectivity index (χ1) is 7.58. The van der Waals surface area contributed by atoms with E-state index in [0.29, 0.717) is 5.56 Å². The molecule has 0 aliphatic heterocycles. The van der Waals surface area contributed by atoms with Crippen molar-refractivity contribution < 1.29 is 9.90 Å². The standard InChI is InChI=1S/C11H9BrN2O2/c1-7-6-14(13-10(7)11(15)16)9-4-2-3-8(12)5-9/h2-6H,1H3,(H,15,16). The average Bonchev–Trinajstić information content (AvgIpc) is 2.60. The van der Waals surface area contributed by atoms with Crippen molar-refractivity contribution in [3.8, 4) is 5.69 Å². The van der Waals surface area contributed by atoms with Gasteiger partial charge in [0, 0.05) is 16.2 Å². The van der Waals surface area contributed by atoms with E-state index in [1.807, 2.05) is 24.3 Å². The molecule has 1 aromatic carbocycles. The van der Waals surface area contributed by atoms with E-state index in [9.17, 15) is 4.79 Å². The molecule has 2 aromatic rings. The van der Waals surface area contributed by atoms with Gasteiger partial charge < -0.3 is 5.11 Å². The van der Waals surface area contributed by atoms with Crippen LogP contribution < -0.4 is 0 Å². The highest BCUT2D eigenvalue weighted by Crippen LogP contribution is 2.16. The van der Waals surface area contributed by atoms with E-state index in [1.54, 1.807) is 17.8 Å². The maximum Gasteiger partial charge on any atom is 0.356 e. The van der Waals surface area contributed by atoms with Crippen LogP contribution in [0, 0.1) is 6.92 Å². The fraction of sp³-hybridized carbons (Fsp3) is 0.0909. The lowest BCUT2D eigenvalue weighted by atomic mass is 10.3. The summed E-state index contributed by atoms with van der Waals surface area (Å²) >= 11 is 3.36. The third-order valence-corrected chi connectivity index (χ3v) is 2.67. The van der Waals surface area contributed by atoms with Crippen molar-refractivity contribution in [3.63, 3.8) is 0 Å². The first kappa shape index (κ1) is 10.9. The second-order valence-electron chi connectivity index (χ2n) is 3.39. The zero-order valence-electron chi connectivity index (χ0n) is 8.51. The van der Waals surface area contributed by atoms with Crippen molar-refractivity contribution in [1.29, 1.82) is 0 Å². The van der Waals surface area contributed by atoms with E-state index in [1.165, 1.54) is 0 Å². The summed E-state index contributed by atoms with van der Waals surface area (Å²) in [5.74, 6) is -1.01. The highest BCUT2D eigenvalue weighted by Gasteiger charge is 2.12. The molecule has 1 N–H and O–H groups in total. The summed E-state index contributed by atoms with van der Waals surface area (Å²) in [4.78, 5) is 10.8. The van der Waals surface area contributed by atoms with Gasteiger partial charge in [0.1, 0.15) is 0 Å². The van der Waals surface area contributed by atoms with Gasteiger partial charge in [0.15, 0.2) is 5.69 Å². The van der Waals surface area contributed by atoms with Crippen LogP contribution in [0.4, 0.5) is 0 Å². The molecule has 0 aliphatic rings. The minimum Gasteiger partial charge on any atom is -0.476 e. The van der Waals surface area contributed by atoms with Gasteiger partial charge in [-0.25, -0.2) is 9.48 Å². The molecule has 0 aliphatic carbocycles. The molecular formula is C11H9BrN2O2. The molecule has 1 aromatic heterocycles. The Hall–Kier alpha value is -1.62. The monoisotopic (exact) mass is 280 g/mol. The fourth-order valence-corrected chi connectivity index (χ4v) is 1.81. The van der Waals surface area contributed by atoms with Crippen LogP contribution in [-0.2, 0) is 0 Å². The summed E-state index contributed by atoms with van der Waals surface area (Å²) in [6.07, 6.45) is 1.70. The number of aryl methyl sites for hydroxylation is 1. The smallest absolute Gasteiger partial charge is 0.356 e. The Kier molecular flexibility index (Phi) is 2.78. The second-order valence-corrected chi connectivity index (χ2v) is 4.31. The Morgan fingerprint density at radius 1 is 1.50 bits per heavy atom. The van der Waals surface area contributed by atoms with Crippen molar-refractivity contribution in [2.75, 3.05) is 0 Å². The highest BCUT2D eigenvalue weighted by molar-refractivity contribution is 9.10. The van der Waals surface area contributed by atoms with E-state index >= 15 is 0 Å².